The standard InChI is InChI=1S/C24H29NO4/c1-14-7-6-8-18-19(9-10-28-21(14)18)23(26)25-15(2)16-11-17-13-24(3,4)29-22(17)20(12-16)27-5/h6-8,11-12,15,19H,9-10,13H2,1-5H3,(H,25,26). The Kier molecular flexibility index (Phi) is 4.93. The molecule has 0 aromatic heterocycles. The first-order chi connectivity index (χ1) is 13.8. The summed E-state index contributed by atoms with van der Waals surface area (Å²) in [7, 11) is 1.65. The molecule has 0 spiro atoms. The number of para-hydroxylation sites is 1. The third kappa shape index (κ3) is 3.66. The van der Waals surface area contributed by atoms with Crippen LogP contribution in [0.2, 0.25) is 0 Å². The second-order valence-electron chi connectivity index (χ2n) is 8.66. The van der Waals surface area contributed by atoms with Crippen LogP contribution in [-0.2, 0) is 11.2 Å². The molecule has 1 amide bonds. The highest BCUT2D eigenvalue weighted by Crippen LogP contribution is 2.44. The quantitative estimate of drug-likeness (QED) is 0.830. The van der Waals surface area contributed by atoms with Crippen molar-refractivity contribution in [2.45, 2.75) is 58.1 Å². The molecule has 2 atom stereocenters. The number of rotatable bonds is 4. The Morgan fingerprint density at radius 1 is 1.28 bits per heavy atom. The van der Waals surface area contributed by atoms with Crippen molar-refractivity contribution in [3.8, 4) is 17.2 Å². The maximum Gasteiger partial charge on any atom is 0.228 e. The predicted molar refractivity (Wildman–Crippen MR) is 112 cm³/mol. The van der Waals surface area contributed by atoms with Gasteiger partial charge in [0.2, 0.25) is 5.91 Å². The maximum absolute atomic E-state index is 13.1. The van der Waals surface area contributed by atoms with Crippen LogP contribution in [0.15, 0.2) is 30.3 Å². The van der Waals surface area contributed by atoms with E-state index in [0.29, 0.717) is 13.0 Å². The van der Waals surface area contributed by atoms with E-state index in [9.17, 15) is 4.79 Å². The molecule has 5 nitrogen and oxygen atoms in total. The number of fused-ring (bicyclic) bond motifs is 2. The summed E-state index contributed by atoms with van der Waals surface area (Å²) in [6.07, 6.45) is 1.50. The highest BCUT2D eigenvalue weighted by molar-refractivity contribution is 5.85. The van der Waals surface area contributed by atoms with Crippen LogP contribution in [0, 0.1) is 6.92 Å². The predicted octanol–water partition coefficient (Wildman–Crippen LogP) is 4.46. The van der Waals surface area contributed by atoms with Gasteiger partial charge in [0.15, 0.2) is 11.5 Å². The van der Waals surface area contributed by atoms with Gasteiger partial charge in [-0.25, -0.2) is 0 Å². The Morgan fingerprint density at radius 3 is 2.83 bits per heavy atom. The number of aryl methyl sites for hydroxylation is 1. The van der Waals surface area contributed by atoms with Crippen molar-refractivity contribution >= 4 is 5.91 Å². The summed E-state index contributed by atoms with van der Waals surface area (Å²) >= 11 is 0. The summed E-state index contributed by atoms with van der Waals surface area (Å²) in [5, 5.41) is 3.20. The molecule has 0 aliphatic carbocycles. The zero-order valence-electron chi connectivity index (χ0n) is 17.8. The molecule has 1 N–H and O–H groups in total. The van der Waals surface area contributed by atoms with Gasteiger partial charge in [0.25, 0.3) is 0 Å². The molecule has 2 heterocycles. The van der Waals surface area contributed by atoms with Gasteiger partial charge in [0, 0.05) is 17.5 Å². The van der Waals surface area contributed by atoms with Crippen molar-refractivity contribution in [1.29, 1.82) is 0 Å². The largest absolute Gasteiger partial charge is 0.493 e. The van der Waals surface area contributed by atoms with Crippen LogP contribution in [0.1, 0.15) is 61.4 Å². The fourth-order valence-electron chi connectivity index (χ4n) is 4.35. The summed E-state index contributed by atoms with van der Waals surface area (Å²) in [5.74, 6) is 2.22. The zero-order chi connectivity index (χ0) is 20.8. The monoisotopic (exact) mass is 395 g/mol. The third-order valence-electron chi connectivity index (χ3n) is 5.81. The maximum atomic E-state index is 13.1. The van der Waals surface area contributed by atoms with E-state index in [1.165, 1.54) is 0 Å². The van der Waals surface area contributed by atoms with Crippen LogP contribution in [0.25, 0.3) is 0 Å². The normalized spacial score (nSPS) is 20.0. The summed E-state index contributed by atoms with van der Waals surface area (Å²) in [6, 6.07) is 9.95. The topological polar surface area (TPSA) is 56.8 Å². The lowest BCUT2D eigenvalue weighted by atomic mass is 9.90. The van der Waals surface area contributed by atoms with Crippen LogP contribution in [0.3, 0.4) is 0 Å². The number of carbonyl (C=O) groups excluding carboxylic acids is 1. The molecule has 4 rings (SSSR count). The number of nitrogens with one attached hydrogen (secondary N) is 1. The Balaban J connectivity index is 1.56. The molecule has 29 heavy (non-hydrogen) atoms. The number of hydrogen-bond acceptors (Lipinski definition) is 4. The number of benzene rings is 2. The second kappa shape index (κ2) is 7.29. The Bertz CT molecular complexity index is 950. The molecule has 2 unspecified atom stereocenters. The van der Waals surface area contributed by atoms with E-state index >= 15 is 0 Å². The summed E-state index contributed by atoms with van der Waals surface area (Å²) in [6.45, 7) is 8.73. The first kappa shape index (κ1) is 19.6. The molecule has 0 fully saturated rings. The van der Waals surface area contributed by atoms with Crippen LogP contribution < -0.4 is 19.5 Å². The van der Waals surface area contributed by atoms with Gasteiger partial charge < -0.3 is 19.5 Å². The minimum Gasteiger partial charge on any atom is -0.493 e. The van der Waals surface area contributed by atoms with Crippen LogP contribution in [0.4, 0.5) is 0 Å². The zero-order valence-corrected chi connectivity index (χ0v) is 17.8. The smallest absolute Gasteiger partial charge is 0.228 e. The van der Waals surface area contributed by atoms with Crippen LogP contribution in [-0.4, -0.2) is 25.2 Å². The van der Waals surface area contributed by atoms with E-state index in [1.807, 2.05) is 38.1 Å². The van der Waals surface area contributed by atoms with Crippen LogP contribution >= 0.6 is 0 Å². The lowest BCUT2D eigenvalue weighted by Gasteiger charge is -2.27. The van der Waals surface area contributed by atoms with Crippen molar-refractivity contribution in [1.82, 2.24) is 5.32 Å². The van der Waals surface area contributed by atoms with Crippen molar-refractivity contribution < 1.29 is 19.0 Å². The molecule has 2 aliphatic heterocycles. The van der Waals surface area contributed by atoms with Crippen LogP contribution in [0.5, 0.6) is 17.2 Å². The Labute approximate surface area is 172 Å². The first-order valence-corrected chi connectivity index (χ1v) is 10.2. The summed E-state index contributed by atoms with van der Waals surface area (Å²) in [4.78, 5) is 13.1. The van der Waals surface area contributed by atoms with Gasteiger partial charge >= 0.3 is 0 Å². The lowest BCUT2D eigenvalue weighted by Crippen LogP contribution is -2.34. The molecule has 2 aromatic carbocycles. The van der Waals surface area contributed by atoms with Crippen molar-refractivity contribution in [3.63, 3.8) is 0 Å². The SMILES string of the molecule is COc1cc(C(C)NC(=O)C2CCOc3c(C)cccc32)cc2c1OC(C)(C)C2. The van der Waals surface area contributed by atoms with Crippen molar-refractivity contribution in [3.05, 3.63) is 52.6 Å². The van der Waals surface area contributed by atoms with Gasteiger partial charge in [0.1, 0.15) is 11.4 Å². The molecule has 2 aliphatic rings. The minimum absolute atomic E-state index is 0.0312. The van der Waals surface area contributed by atoms with Gasteiger partial charge in [-0.15, -0.1) is 0 Å². The van der Waals surface area contributed by atoms with E-state index in [1.54, 1.807) is 7.11 Å². The van der Waals surface area contributed by atoms with Gasteiger partial charge in [-0.2, -0.15) is 0 Å². The van der Waals surface area contributed by atoms with E-state index in [2.05, 4.69) is 25.2 Å². The van der Waals surface area contributed by atoms with E-state index in [-0.39, 0.29) is 23.5 Å². The average Bonchev–Trinajstić information content (AvgIpc) is 3.00. The van der Waals surface area contributed by atoms with Gasteiger partial charge in [-0.3, -0.25) is 4.79 Å². The first-order valence-electron chi connectivity index (χ1n) is 10.2. The Morgan fingerprint density at radius 2 is 2.07 bits per heavy atom. The second-order valence-corrected chi connectivity index (χ2v) is 8.66. The molecule has 0 saturated carbocycles. The number of carbonyl (C=O) groups is 1. The molecule has 154 valence electrons. The third-order valence-corrected chi connectivity index (χ3v) is 5.81. The molecule has 0 saturated heterocycles. The fourth-order valence-corrected chi connectivity index (χ4v) is 4.35. The molecule has 0 bridgehead atoms. The molecule has 0 radical (unpaired) electrons. The van der Waals surface area contributed by atoms with E-state index < -0.39 is 0 Å². The minimum atomic E-state index is -0.246. The molecular weight excluding hydrogens is 366 g/mol. The molecule has 2 aromatic rings. The van der Waals surface area contributed by atoms with E-state index in [4.69, 9.17) is 14.2 Å². The fraction of sp³-hybridized carbons (Fsp3) is 0.458. The highest BCUT2D eigenvalue weighted by atomic mass is 16.5. The Hall–Kier alpha value is -2.69. The average molecular weight is 395 g/mol. The van der Waals surface area contributed by atoms with E-state index in [0.717, 1.165) is 45.9 Å². The summed E-state index contributed by atoms with van der Waals surface area (Å²) < 4.78 is 17.4. The number of methoxy groups -OCH3 is 1. The lowest BCUT2D eigenvalue weighted by molar-refractivity contribution is -0.123. The van der Waals surface area contributed by atoms with Crippen molar-refractivity contribution in [2.24, 2.45) is 0 Å². The molecule has 5 heteroatoms. The van der Waals surface area contributed by atoms with Gasteiger partial charge in [-0.05, 0) is 57.4 Å². The summed E-state index contributed by atoms with van der Waals surface area (Å²) in [5.41, 5.74) is 3.94. The van der Waals surface area contributed by atoms with Gasteiger partial charge in [0.05, 0.1) is 25.7 Å². The molecular formula is C24H29NO4. The number of hydrogen-bond donors (Lipinski definition) is 1. The number of ether oxygens (including phenoxy) is 3. The highest BCUT2D eigenvalue weighted by Gasteiger charge is 2.34. The van der Waals surface area contributed by atoms with Crippen molar-refractivity contribution in [2.75, 3.05) is 13.7 Å². The van der Waals surface area contributed by atoms with Gasteiger partial charge in [-0.1, -0.05) is 18.2 Å². The number of amides is 1.